The van der Waals surface area contributed by atoms with Crippen molar-refractivity contribution in [3.63, 3.8) is 0 Å². The molecule has 1 aliphatic carbocycles. The number of hydrogen-bond donors (Lipinski definition) is 1. The fourth-order valence-corrected chi connectivity index (χ4v) is 1.61. The predicted molar refractivity (Wildman–Crippen MR) is 33.5 cm³/mol. The first-order valence-corrected chi connectivity index (χ1v) is 4.21. The standard InChI is InChI=1S/C5H8O3S/c6-9(7,8)5-3-1-2-4-5/h3H,1-2,4H2,(H,6,7,8). The molecule has 0 aromatic carbocycles. The third kappa shape index (κ3) is 1.53. The minimum Gasteiger partial charge on any atom is -0.282 e. The highest BCUT2D eigenvalue weighted by molar-refractivity contribution is 7.89. The zero-order valence-corrected chi connectivity index (χ0v) is 5.69. The summed E-state index contributed by atoms with van der Waals surface area (Å²) in [5, 5.41) is 0. The van der Waals surface area contributed by atoms with E-state index < -0.39 is 10.1 Å². The lowest BCUT2D eigenvalue weighted by atomic mass is 10.4. The quantitative estimate of drug-likeness (QED) is 0.563. The third-order valence-electron chi connectivity index (χ3n) is 1.33. The zero-order valence-electron chi connectivity index (χ0n) is 4.87. The average molecular weight is 148 g/mol. The first-order valence-electron chi connectivity index (χ1n) is 2.77. The van der Waals surface area contributed by atoms with Crippen molar-refractivity contribution in [1.82, 2.24) is 0 Å². The molecule has 9 heavy (non-hydrogen) atoms. The second kappa shape index (κ2) is 2.11. The maximum Gasteiger partial charge on any atom is 0.290 e. The van der Waals surface area contributed by atoms with Crippen molar-refractivity contribution < 1.29 is 13.0 Å². The van der Waals surface area contributed by atoms with E-state index in [0.717, 1.165) is 12.8 Å². The van der Waals surface area contributed by atoms with E-state index in [-0.39, 0.29) is 4.91 Å². The van der Waals surface area contributed by atoms with Gasteiger partial charge in [0.15, 0.2) is 0 Å². The van der Waals surface area contributed by atoms with Crippen molar-refractivity contribution >= 4 is 10.1 Å². The minimum absolute atomic E-state index is 0.183. The zero-order chi connectivity index (χ0) is 6.91. The minimum atomic E-state index is -3.84. The first kappa shape index (κ1) is 6.77. The van der Waals surface area contributed by atoms with Crippen LogP contribution in [0.4, 0.5) is 0 Å². The molecule has 4 heteroatoms. The Morgan fingerprint density at radius 3 is 2.44 bits per heavy atom. The highest BCUT2D eigenvalue weighted by atomic mass is 32.2. The lowest BCUT2D eigenvalue weighted by molar-refractivity contribution is 0.489. The maximum atomic E-state index is 10.3. The largest absolute Gasteiger partial charge is 0.290 e. The van der Waals surface area contributed by atoms with Crippen LogP contribution in [-0.2, 0) is 10.1 Å². The molecule has 1 aliphatic rings. The Kier molecular flexibility index (Phi) is 1.59. The van der Waals surface area contributed by atoms with E-state index in [9.17, 15) is 8.42 Å². The Hall–Kier alpha value is -0.350. The van der Waals surface area contributed by atoms with Crippen LogP contribution in [0.3, 0.4) is 0 Å². The van der Waals surface area contributed by atoms with Crippen molar-refractivity contribution in [1.29, 1.82) is 0 Å². The molecule has 0 saturated carbocycles. The molecule has 0 aliphatic heterocycles. The van der Waals surface area contributed by atoms with Crippen molar-refractivity contribution in [2.24, 2.45) is 0 Å². The Morgan fingerprint density at radius 1 is 1.56 bits per heavy atom. The molecule has 0 radical (unpaired) electrons. The number of hydrogen-bond acceptors (Lipinski definition) is 2. The lowest BCUT2D eigenvalue weighted by Crippen LogP contribution is -1.98. The summed E-state index contributed by atoms with van der Waals surface area (Å²) < 4.78 is 29.1. The van der Waals surface area contributed by atoms with Gasteiger partial charge in [0.05, 0.1) is 4.91 Å². The van der Waals surface area contributed by atoms with Gasteiger partial charge < -0.3 is 0 Å². The van der Waals surface area contributed by atoms with Crippen LogP contribution in [0, 0.1) is 0 Å². The van der Waals surface area contributed by atoms with Gasteiger partial charge in [-0.25, -0.2) is 0 Å². The van der Waals surface area contributed by atoms with Crippen LogP contribution in [0.5, 0.6) is 0 Å². The summed E-state index contributed by atoms with van der Waals surface area (Å²) in [5.74, 6) is 0. The summed E-state index contributed by atoms with van der Waals surface area (Å²) in [6, 6.07) is 0. The molecule has 1 N–H and O–H groups in total. The van der Waals surface area contributed by atoms with Crippen LogP contribution < -0.4 is 0 Å². The summed E-state index contributed by atoms with van der Waals surface area (Å²) in [4.78, 5) is 0.183. The maximum absolute atomic E-state index is 10.3. The second-order valence-electron chi connectivity index (χ2n) is 2.04. The molecule has 0 aromatic rings. The van der Waals surface area contributed by atoms with Gasteiger partial charge in [0.25, 0.3) is 10.1 Å². The normalized spacial score (nSPS) is 19.9. The van der Waals surface area contributed by atoms with Crippen LogP contribution in [-0.4, -0.2) is 13.0 Å². The van der Waals surface area contributed by atoms with Gasteiger partial charge in [0, 0.05) is 0 Å². The molecule has 0 amide bonds. The van der Waals surface area contributed by atoms with Crippen molar-refractivity contribution in [3.8, 4) is 0 Å². The van der Waals surface area contributed by atoms with E-state index in [1.165, 1.54) is 0 Å². The van der Waals surface area contributed by atoms with E-state index in [1.807, 2.05) is 0 Å². The van der Waals surface area contributed by atoms with Crippen molar-refractivity contribution in [3.05, 3.63) is 11.0 Å². The molecule has 0 heterocycles. The molecule has 52 valence electrons. The average Bonchev–Trinajstić information content (AvgIpc) is 2.08. The molecule has 0 unspecified atom stereocenters. The smallest absolute Gasteiger partial charge is 0.282 e. The molecule has 3 nitrogen and oxygen atoms in total. The highest BCUT2D eigenvalue weighted by Crippen LogP contribution is 2.21. The summed E-state index contributed by atoms with van der Waals surface area (Å²) >= 11 is 0. The molecule has 0 saturated heterocycles. The van der Waals surface area contributed by atoms with Gasteiger partial charge in [0.2, 0.25) is 0 Å². The molecule has 0 bridgehead atoms. The highest BCUT2D eigenvalue weighted by Gasteiger charge is 2.16. The lowest BCUT2D eigenvalue weighted by Gasteiger charge is -1.92. The second-order valence-corrected chi connectivity index (χ2v) is 3.51. The third-order valence-corrected chi connectivity index (χ3v) is 2.36. The summed E-state index contributed by atoms with van der Waals surface area (Å²) in [7, 11) is -3.84. The van der Waals surface area contributed by atoms with Crippen molar-refractivity contribution in [2.45, 2.75) is 19.3 Å². The molecule has 0 atom stereocenters. The van der Waals surface area contributed by atoms with Gasteiger partial charge in [-0.2, -0.15) is 8.42 Å². The Labute approximate surface area is 54.1 Å². The van der Waals surface area contributed by atoms with Crippen LogP contribution in [0.15, 0.2) is 11.0 Å². The topological polar surface area (TPSA) is 54.4 Å². The molecular weight excluding hydrogens is 140 g/mol. The molecule has 1 rings (SSSR count). The fraction of sp³-hybridized carbons (Fsp3) is 0.600. The monoisotopic (exact) mass is 148 g/mol. The summed E-state index contributed by atoms with van der Waals surface area (Å²) in [6.07, 6.45) is 3.68. The van der Waals surface area contributed by atoms with Gasteiger partial charge in [0.1, 0.15) is 0 Å². The molecular formula is C5H8O3S. The predicted octanol–water partition coefficient (Wildman–Crippen LogP) is 0.942. The molecule has 0 fully saturated rings. The summed E-state index contributed by atoms with van der Waals surface area (Å²) in [6.45, 7) is 0. The van der Waals surface area contributed by atoms with Gasteiger partial charge >= 0.3 is 0 Å². The van der Waals surface area contributed by atoms with E-state index in [0.29, 0.717) is 6.42 Å². The van der Waals surface area contributed by atoms with Crippen molar-refractivity contribution in [2.75, 3.05) is 0 Å². The van der Waals surface area contributed by atoms with Crippen LogP contribution in [0.1, 0.15) is 19.3 Å². The van der Waals surface area contributed by atoms with Crippen LogP contribution >= 0.6 is 0 Å². The Balaban J connectivity index is 2.87. The van der Waals surface area contributed by atoms with Crippen LogP contribution in [0.25, 0.3) is 0 Å². The van der Waals surface area contributed by atoms with Gasteiger partial charge in [-0.3, -0.25) is 4.55 Å². The number of rotatable bonds is 1. The molecule has 0 spiro atoms. The van der Waals surface area contributed by atoms with Gasteiger partial charge in [-0.15, -0.1) is 0 Å². The van der Waals surface area contributed by atoms with E-state index in [2.05, 4.69) is 0 Å². The molecule has 0 aromatic heterocycles. The van der Waals surface area contributed by atoms with E-state index in [4.69, 9.17) is 4.55 Å². The van der Waals surface area contributed by atoms with Gasteiger partial charge in [-0.1, -0.05) is 6.08 Å². The Morgan fingerprint density at radius 2 is 2.22 bits per heavy atom. The number of allylic oxidation sites excluding steroid dienone is 2. The van der Waals surface area contributed by atoms with E-state index in [1.54, 1.807) is 6.08 Å². The van der Waals surface area contributed by atoms with Gasteiger partial charge in [-0.05, 0) is 19.3 Å². The summed E-state index contributed by atoms with van der Waals surface area (Å²) in [5.41, 5.74) is 0. The van der Waals surface area contributed by atoms with Crippen LogP contribution in [0.2, 0.25) is 0 Å². The Bertz CT molecular complexity index is 225. The fourth-order valence-electron chi connectivity index (χ4n) is 0.876. The SMILES string of the molecule is O=S(=O)(O)C1=CCCC1. The van der Waals surface area contributed by atoms with E-state index >= 15 is 0 Å². The first-order chi connectivity index (χ1) is 4.11.